The summed E-state index contributed by atoms with van der Waals surface area (Å²) in [5.41, 5.74) is 0.622. The van der Waals surface area contributed by atoms with Crippen molar-refractivity contribution < 1.29 is 4.79 Å². The number of hydrogen-bond donors (Lipinski definition) is 0. The number of aryl methyl sites for hydroxylation is 1. The Morgan fingerprint density at radius 2 is 1.86 bits per heavy atom. The molecule has 2 fully saturated rings. The second-order valence-corrected chi connectivity index (χ2v) is 6.04. The third-order valence-corrected chi connectivity index (χ3v) is 4.81. The van der Waals surface area contributed by atoms with E-state index in [-0.39, 0.29) is 5.91 Å². The van der Waals surface area contributed by atoms with Crippen LogP contribution in [0.2, 0.25) is 0 Å². The second-order valence-electron chi connectivity index (χ2n) is 6.04. The van der Waals surface area contributed by atoms with Gasteiger partial charge >= 0.3 is 0 Å². The highest BCUT2D eigenvalue weighted by molar-refractivity contribution is 5.97. The number of rotatable bonds is 2. The van der Waals surface area contributed by atoms with Crippen molar-refractivity contribution in [1.82, 2.24) is 29.4 Å². The summed E-state index contributed by atoms with van der Waals surface area (Å²) in [6, 6.07) is 0. The van der Waals surface area contributed by atoms with Crippen LogP contribution in [-0.2, 0) is 7.05 Å². The Morgan fingerprint density at radius 1 is 1.19 bits per heavy atom. The summed E-state index contributed by atoms with van der Waals surface area (Å²) in [6.07, 6.45) is 8.67. The summed E-state index contributed by atoms with van der Waals surface area (Å²) in [4.78, 5) is 14.8. The van der Waals surface area contributed by atoms with Gasteiger partial charge in [-0.25, -0.2) is 0 Å². The van der Waals surface area contributed by atoms with Crippen molar-refractivity contribution in [3.05, 3.63) is 24.4 Å². The van der Waals surface area contributed by atoms with Gasteiger partial charge in [-0.1, -0.05) is 6.42 Å². The van der Waals surface area contributed by atoms with Gasteiger partial charge in [0, 0.05) is 20.1 Å². The van der Waals surface area contributed by atoms with Crippen molar-refractivity contribution >= 4 is 5.91 Å². The predicted molar refractivity (Wildman–Crippen MR) is 74.9 cm³/mol. The molecule has 4 rings (SSSR count). The SMILES string of the molecule is Cn1ncc(C(=O)N2C[C@H]3CCC[C@H]3C2)c1-n1cnnc1. The van der Waals surface area contributed by atoms with Crippen molar-refractivity contribution in [3.8, 4) is 5.82 Å². The number of nitrogens with zero attached hydrogens (tertiary/aromatic N) is 6. The molecule has 0 N–H and O–H groups in total. The minimum Gasteiger partial charge on any atom is -0.338 e. The van der Waals surface area contributed by atoms with Crippen LogP contribution in [0, 0.1) is 11.8 Å². The van der Waals surface area contributed by atoms with Gasteiger partial charge in [0.1, 0.15) is 24.0 Å². The van der Waals surface area contributed by atoms with Crippen LogP contribution >= 0.6 is 0 Å². The van der Waals surface area contributed by atoms with Crippen molar-refractivity contribution in [2.45, 2.75) is 19.3 Å². The molecule has 2 aromatic rings. The number of amides is 1. The van der Waals surface area contributed by atoms with Crippen molar-refractivity contribution in [1.29, 1.82) is 0 Å². The van der Waals surface area contributed by atoms with Crippen molar-refractivity contribution in [3.63, 3.8) is 0 Å². The number of carbonyl (C=O) groups excluding carboxylic acids is 1. The first-order chi connectivity index (χ1) is 10.2. The first-order valence-corrected chi connectivity index (χ1v) is 7.40. The summed E-state index contributed by atoms with van der Waals surface area (Å²) in [5.74, 6) is 2.19. The van der Waals surface area contributed by atoms with Gasteiger partial charge in [-0.05, 0) is 24.7 Å². The zero-order valence-corrected chi connectivity index (χ0v) is 12.0. The molecule has 2 aliphatic rings. The van der Waals surface area contributed by atoms with Gasteiger partial charge in [-0.2, -0.15) is 5.10 Å². The smallest absolute Gasteiger partial charge is 0.259 e. The molecule has 3 heterocycles. The zero-order valence-electron chi connectivity index (χ0n) is 12.0. The molecule has 1 aliphatic carbocycles. The molecular weight excluding hydrogens is 268 g/mol. The second kappa shape index (κ2) is 4.68. The lowest BCUT2D eigenvalue weighted by Gasteiger charge is -2.17. The largest absolute Gasteiger partial charge is 0.338 e. The normalized spacial score (nSPS) is 24.5. The van der Waals surface area contributed by atoms with Gasteiger partial charge in [0.15, 0.2) is 0 Å². The summed E-state index contributed by atoms with van der Waals surface area (Å²) < 4.78 is 3.42. The fourth-order valence-corrected chi connectivity index (χ4v) is 3.77. The average molecular weight is 286 g/mol. The molecule has 0 unspecified atom stereocenters. The zero-order chi connectivity index (χ0) is 14.4. The van der Waals surface area contributed by atoms with Gasteiger partial charge in [-0.15, -0.1) is 10.2 Å². The number of hydrogen-bond acceptors (Lipinski definition) is 4. The number of aromatic nitrogens is 5. The molecular formula is C14H18N6O. The Balaban J connectivity index is 1.64. The fourth-order valence-electron chi connectivity index (χ4n) is 3.77. The average Bonchev–Trinajstić information content (AvgIpc) is 3.20. The monoisotopic (exact) mass is 286 g/mol. The van der Waals surface area contributed by atoms with Gasteiger partial charge in [-0.3, -0.25) is 14.0 Å². The van der Waals surface area contributed by atoms with E-state index >= 15 is 0 Å². The van der Waals surface area contributed by atoms with Gasteiger partial charge in [0.2, 0.25) is 0 Å². The van der Waals surface area contributed by atoms with Crippen LogP contribution < -0.4 is 0 Å². The van der Waals surface area contributed by atoms with Gasteiger partial charge in [0.05, 0.1) is 6.20 Å². The molecule has 7 nitrogen and oxygen atoms in total. The molecule has 110 valence electrons. The Hall–Kier alpha value is -2.18. The highest BCUT2D eigenvalue weighted by Crippen LogP contribution is 2.38. The quantitative estimate of drug-likeness (QED) is 0.821. The fraction of sp³-hybridized carbons (Fsp3) is 0.571. The molecule has 2 atom stereocenters. The molecule has 1 aliphatic heterocycles. The Kier molecular flexibility index (Phi) is 2.80. The van der Waals surface area contributed by atoms with Crippen LogP contribution in [0.4, 0.5) is 0 Å². The highest BCUT2D eigenvalue weighted by atomic mass is 16.2. The van der Waals surface area contributed by atoms with Crippen LogP contribution in [0.5, 0.6) is 0 Å². The predicted octanol–water partition coefficient (Wildman–Crippen LogP) is 0.873. The maximum absolute atomic E-state index is 12.8. The summed E-state index contributed by atoms with van der Waals surface area (Å²) in [7, 11) is 1.82. The molecule has 2 aromatic heterocycles. The number of carbonyl (C=O) groups is 1. The van der Waals surface area contributed by atoms with Gasteiger partial charge < -0.3 is 4.90 Å². The summed E-state index contributed by atoms with van der Waals surface area (Å²) in [6.45, 7) is 1.78. The molecule has 0 spiro atoms. The maximum Gasteiger partial charge on any atom is 0.259 e. The van der Waals surface area contributed by atoms with E-state index in [2.05, 4.69) is 15.3 Å². The van der Waals surface area contributed by atoms with Crippen LogP contribution in [0.15, 0.2) is 18.9 Å². The number of fused-ring (bicyclic) bond motifs is 1. The van der Waals surface area contributed by atoms with E-state index in [1.165, 1.54) is 19.3 Å². The molecule has 0 radical (unpaired) electrons. The lowest BCUT2D eigenvalue weighted by molar-refractivity contribution is 0.0780. The molecule has 1 amide bonds. The van der Waals surface area contributed by atoms with Crippen LogP contribution in [0.3, 0.4) is 0 Å². The number of likely N-dealkylation sites (tertiary alicyclic amines) is 1. The summed E-state index contributed by atoms with van der Waals surface area (Å²) >= 11 is 0. The lowest BCUT2D eigenvalue weighted by atomic mass is 10.0. The maximum atomic E-state index is 12.8. The van der Waals surface area contributed by atoms with Crippen LogP contribution in [0.25, 0.3) is 5.82 Å². The molecule has 1 saturated heterocycles. The highest BCUT2D eigenvalue weighted by Gasteiger charge is 2.39. The van der Waals surface area contributed by atoms with Crippen molar-refractivity contribution in [2.24, 2.45) is 18.9 Å². The van der Waals surface area contributed by atoms with Crippen LogP contribution in [0.1, 0.15) is 29.6 Å². The molecule has 1 saturated carbocycles. The van der Waals surface area contributed by atoms with E-state index in [1.807, 2.05) is 11.9 Å². The van der Waals surface area contributed by atoms with E-state index in [4.69, 9.17) is 0 Å². The van der Waals surface area contributed by atoms with E-state index in [1.54, 1.807) is 28.1 Å². The molecule has 0 aromatic carbocycles. The standard InChI is InChI=1S/C14H18N6O/c1-18-13(20-8-15-16-9-20)12(5-17-18)14(21)19-6-10-3-2-4-11(10)7-19/h5,8-11H,2-4,6-7H2,1H3/t10-,11+. The Morgan fingerprint density at radius 3 is 2.52 bits per heavy atom. The van der Waals surface area contributed by atoms with Gasteiger partial charge in [0.25, 0.3) is 5.91 Å². The third kappa shape index (κ3) is 1.95. The first kappa shape index (κ1) is 12.6. The van der Waals surface area contributed by atoms with E-state index < -0.39 is 0 Å². The van der Waals surface area contributed by atoms with E-state index in [0.717, 1.165) is 18.9 Å². The molecule has 0 bridgehead atoms. The van der Waals surface area contributed by atoms with E-state index in [9.17, 15) is 4.79 Å². The van der Waals surface area contributed by atoms with Crippen LogP contribution in [-0.4, -0.2) is 48.4 Å². The summed E-state index contributed by atoms with van der Waals surface area (Å²) in [5, 5.41) is 11.9. The Labute approximate surface area is 122 Å². The van der Waals surface area contributed by atoms with Crippen molar-refractivity contribution in [2.75, 3.05) is 13.1 Å². The Bertz CT molecular complexity index is 649. The lowest BCUT2D eigenvalue weighted by Crippen LogP contribution is -2.30. The van der Waals surface area contributed by atoms with E-state index in [0.29, 0.717) is 17.4 Å². The minimum atomic E-state index is 0.0706. The molecule has 7 heteroatoms. The minimum absolute atomic E-state index is 0.0706. The molecule has 21 heavy (non-hydrogen) atoms. The third-order valence-electron chi connectivity index (χ3n) is 4.81. The topological polar surface area (TPSA) is 68.8 Å². The first-order valence-electron chi connectivity index (χ1n) is 7.40.